The van der Waals surface area contributed by atoms with Crippen LogP contribution in [-0.2, 0) is 11.3 Å². The van der Waals surface area contributed by atoms with Gasteiger partial charge in [0.05, 0.1) is 29.2 Å². The number of fused-ring (bicyclic) bond motifs is 3. The number of rotatable bonds is 8. The number of aromatic amines is 1. The summed E-state index contributed by atoms with van der Waals surface area (Å²) in [6.07, 6.45) is 2.48. The first kappa shape index (κ1) is 21.3. The highest BCUT2D eigenvalue weighted by molar-refractivity contribution is 7.21. The van der Waals surface area contributed by atoms with Crippen LogP contribution in [-0.4, -0.2) is 35.0 Å². The number of furan rings is 1. The van der Waals surface area contributed by atoms with Crippen LogP contribution in [0.4, 0.5) is 0 Å². The third kappa shape index (κ3) is 4.73. The van der Waals surface area contributed by atoms with Gasteiger partial charge in [-0.15, -0.1) is 11.3 Å². The van der Waals surface area contributed by atoms with E-state index < -0.39 is 0 Å². The number of pyridine rings is 1. The van der Waals surface area contributed by atoms with Gasteiger partial charge in [0.15, 0.2) is 0 Å². The molecule has 6 nitrogen and oxygen atoms in total. The number of benzene rings is 1. The number of carbonyl (C=O) groups excluding carboxylic acids is 1. The summed E-state index contributed by atoms with van der Waals surface area (Å²) >= 11 is 1.37. The fourth-order valence-corrected chi connectivity index (χ4v) is 4.74. The minimum Gasteiger partial charge on any atom is -0.467 e. The molecule has 0 fully saturated rings. The maximum absolute atomic E-state index is 13.4. The zero-order valence-electron chi connectivity index (χ0n) is 17.9. The summed E-state index contributed by atoms with van der Waals surface area (Å²) in [5.41, 5.74) is 1.71. The molecular weight excluding hydrogens is 412 g/mol. The van der Waals surface area contributed by atoms with Crippen molar-refractivity contribution in [3.8, 4) is 0 Å². The molecule has 0 unspecified atom stereocenters. The molecular formula is C24H26N2O4S. The number of aryl methyl sites for hydroxylation is 1. The van der Waals surface area contributed by atoms with Crippen LogP contribution in [0.25, 0.3) is 21.0 Å². The highest BCUT2D eigenvalue weighted by Gasteiger charge is 2.21. The van der Waals surface area contributed by atoms with Crippen molar-refractivity contribution in [1.29, 1.82) is 0 Å². The molecule has 3 aromatic heterocycles. The third-order valence-electron chi connectivity index (χ3n) is 5.09. The maximum atomic E-state index is 13.4. The van der Waals surface area contributed by atoms with E-state index in [4.69, 9.17) is 9.15 Å². The number of ether oxygens (including phenoxy) is 1. The molecule has 3 heterocycles. The smallest absolute Gasteiger partial charge is 0.264 e. The Labute approximate surface area is 184 Å². The lowest BCUT2D eigenvalue weighted by Crippen LogP contribution is -2.31. The summed E-state index contributed by atoms with van der Waals surface area (Å²) in [6, 6.07) is 11.3. The molecule has 0 radical (unpaired) electrons. The first-order valence-electron chi connectivity index (χ1n) is 10.4. The van der Waals surface area contributed by atoms with E-state index in [0.717, 1.165) is 33.3 Å². The molecule has 0 saturated carbocycles. The second kappa shape index (κ2) is 9.08. The first-order valence-corrected chi connectivity index (χ1v) is 11.2. The van der Waals surface area contributed by atoms with Crippen molar-refractivity contribution in [2.75, 3.05) is 13.2 Å². The van der Waals surface area contributed by atoms with Gasteiger partial charge < -0.3 is 19.0 Å². The van der Waals surface area contributed by atoms with E-state index in [9.17, 15) is 9.59 Å². The Morgan fingerprint density at radius 2 is 2.06 bits per heavy atom. The SMILES string of the molecule is Cc1ccc2[nH]c(=O)c3cc(C(=O)N(CCCOC(C)C)Cc4ccco4)sc3c2c1. The summed E-state index contributed by atoms with van der Waals surface area (Å²) in [7, 11) is 0. The normalized spacial score (nSPS) is 11.6. The molecule has 4 aromatic rings. The van der Waals surface area contributed by atoms with E-state index in [1.807, 2.05) is 51.1 Å². The van der Waals surface area contributed by atoms with Crippen LogP contribution in [0.2, 0.25) is 0 Å². The molecule has 162 valence electrons. The largest absolute Gasteiger partial charge is 0.467 e. The number of carbonyl (C=O) groups is 1. The van der Waals surface area contributed by atoms with Crippen molar-refractivity contribution in [1.82, 2.24) is 9.88 Å². The second-order valence-corrected chi connectivity index (χ2v) is 8.99. The fraction of sp³-hybridized carbons (Fsp3) is 0.333. The second-order valence-electron chi connectivity index (χ2n) is 7.94. The average Bonchev–Trinajstić information content (AvgIpc) is 3.40. The molecule has 1 N–H and O–H groups in total. The Balaban J connectivity index is 1.66. The van der Waals surface area contributed by atoms with Gasteiger partial charge in [-0.25, -0.2) is 0 Å². The van der Waals surface area contributed by atoms with Crippen LogP contribution in [0.5, 0.6) is 0 Å². The van der Waals surface area contributed by atoms with E-state index in [0.29, 0.717) is 30.0 Å². The predicted octanol–water partition coefficient (Wildman–Crippen LogP) is 5.10. The van der Waals surface area contributed by atoms with Crippen LogP contribution in [0.15, 0.2) is 51.9 Å². The quantitative estimate of drug-likeness (QED) is 0.388. The lowest BCUT2D eigenvalue weighted by Gasteiger charge is -2.21. The summed E-state index contributed by atoms with van der Waals surface area (Å²) in [4.78, 5) is 31.3. The topological polar surface area (TPSA) is 75.5 Å². The van der Waals surface area contributed by atoms with Crippen LogP contribution in [0.3, 0.4) is 0 Å². The van der Waals surface area contributed by atoms with Crippen LogP contribution >= 0.6 is 11.3 Å². The molecule has 4 rings (SSSR count). The number of hydrogen-bond acceptors (Lipinski definition) is 5. The number of nitrogens with one attached hydrogen (secondary N) is 1. The van der Waals surface area contributed by atoms with E-state index in [1.165, 1.54) is 11.3 Å². The zero-order chi connectivity index (χ0) is 22.0. The number of nitrogens with zero attached hydrogens (tertiary/aromatic N) is 1. The van der Waals surface area contributed by atoms with Gasteiger partial charge in [-0.05, 0) is 57.5 Å². The molecule has 0 aliphatic rings. The molecule has 0 aliphatic carbocycles. The van der Waals surface area contributed by atoms with Gasteiger partial charge in [-0.1, -0.05) is 11.6 Å². The third-order valence-corrected chi connectivity index (χ3v) is 6.25. The standard InChI is InChI=1S/C24H26N2O4S/c1-15(2)29-11-5-9-26(14-17-6-4-10-30-17)24(28)21-13-19-22(31-21)18-12-16(3)7-8-20(18)25-23(19)27/h4,6-8,10,12-13,15H,5,9,11,14H2,1-3H3,(H,25,27). The molecule has 1 amide bonds. The molecule has 0 saturated heterocycles. The highest BCUT2D eigenvalue weighted by atomic mass is 32.1. The van der Waals surface area contributed by atoms with Crippen molar-refractivity contribution < 1.29 is 13.9 Å². The van der Waals surface area contributed by atoms with E-state index in [2.05, 4.69) is 4.98 Å². The lowest BCUT2D eigenvalue weighted by atomic mass is 10.1. The molecule has 0 aliphatic heterocycles. The lowest BCUT2D eigenvalue weighted by molar-refractivity contribution is 0.0599. The Morgan fingerprint density at radius 1 is 1.23 bits per heavy atom. The Hall–Kier alpha value is -2.90. The van der Waals surface area contributed by atoms with Gasteiger partial charge in [0.1, 0.15) is 5.76 Å². The van der Waals surface area contributed by atoms with Crippen molar-refractivity contribution in [2.24, 2.45) is 0 Å². The van der Waals surface area contributed by atoms with Gasteiger partial charge in [-0.2, -0.15) is 0 Å². The van der Waals surface area contributed by atoms with Crippen molar-refractivity contribution in [3.05, 3.63) is 69.2 Å². The van der Waals surface area contributed by atoms with Gasteiger partial charge in [0.25, 0.3) is 11.5 Å². The predicted molar refractivity (Wildman–Crippen MR) is 124 cm³/mol. The molecule has 0 spiro atoms. The van der Waals surface area contributed by atoms with Gasteiger partial charge >= 0.3 is 0 Å². The monoisotopic (exact) mass is 438 g/mol. The highest BCUT2D eigenvalue weighted by Crippen LogP contribution is 2.31. The van der Waals surface area contributed by atoms with Crippen molar-refractivity contribution in [2.45, 2.75) is 39.8 Å². The number of H-pyrrole nitrogens is 1. The summed E-state index contributed by atoms with van der Waals surface area (Å²) in [5.74, 6) is 0.612. The van der Waals surface area contributed by atoms with Gasteiger partial charge in [0.2, 0.25) is 0 Å². The molecule has 0 atom stereocenters. The van der Waals surface area contributed by atoms with Crippen molar-refractivity contribution in [3.63, 3.8) is 0 Å². The molecule has 0 bridgehead atoms. The molecule has 31 heavy (non-hydrogen) atoms. The minimum absolute atomic E-state index is 0.109. The minimum atomic E-state index is -0.176. The van der Waals surface area contributed by atoms with Crippen LogP contribution < -0.4 is 5.56 Å². The van der Waals surface area contributed by atoms with Gasteiger partial charge in [-0.3, -0.25) is 9.59 Å². The number of aromatic nitrogens is 1. The zero-order valence-corrected chi connectivity index (χ0v) is 18.8. The number of amides is 1. The number of thiophene rings is 1. The Morgan fingerprint density at radius 3 is 2.81 bits per heavy atom. The number of hydrogen-bond donors (Lipinski definition) is 1. The molecule has 1 aromatic carbocycles. The Kier molecular flexibility index (Phi) is 6.25. The van der Waals surface area contributed by atoms with Gasteiger partial charge in [0, 0.05) is 28.8 Å². The summed E-state index contributed by atoms with van der Waals surface area (Å²) in [5, 5.41) is 1.51. The summed E-state index contributed by atoms with van der Waals surface area (Å²) < 4.78 is 11.9. The maximum Gasteiger partial charge on any atom is 0.264 e. The van der Waals surface area contributed by atoms with Crippen LogP contribution in [0, 0.1) is 6.92 Å². The van der Waals surface area contributed by atoms with Crippen LogP contribution in [0.1, 0.15) is 41.3 Å². The van der Waals surface area contributed by atoms with Crippen molar-refractivity contribution >= 4 is 38.2 Å². The van der Waals surface area contributed by atoms with E-state index in [-0.39, 0.29) is 17.6 Å². The average molecular weight is 439 g/mol. The van der Waals surface area contributed by atoms with E-state index in [1.54, 1.807) is 17.2 Å². The molecule has 7 heteroatoms. The Bertz CT molecular complexity index is 1250. The van der Waals surface area contributed by atoms with E-state index >= 15 is 0 Å². The first-order chi connectivity index (χ1) is 14.9. The fourth-order valence-electron chi connectivity index (χ4n) is 3.58. The summed E-state index contributed by atoms with van der Waals surface area (Å²) in [6.45, 7) is 7.49.